The van der Waals surface area contributed by atoms with Crippen molar-refractivity contribution in [3.8, 4) is 0 Å². The average molecular weight is 157 g/mol. The fourth-order valence-corrected chi connectivity index (χ4v) is 0.513. The first-order chi connectivity index (χ1) is 4.48. The fourth-order valence-electron chi connectivity index (χ4n) is 0.430. The molecule has 1 N–H and O–H groups in total. The molecule has 58 valence electrons. The van der Waals surface area contributed by atoms with E-state index in [1.54, 1.807) is 6.08 Å². The van der Waals surface area contributed by atoms with Crippen molar-refractivity contribution >= 4 is 17.2 Å². The Morgan fingerprint density at radius 3 is 2.40 bits per heavy atom. The second kappa shape index (κ2) is 3.71. The summed E-state index contributed by atoms with van der Waals surface area (Å²) >= 11 is 5.10. The van der Waals surface area contributed by atoms with E-state index in [1.807, 2.05) is 0 Å². The van der Waals surface area contributed by atoms with E-state index in [2.05, 4.69) is 32.7 Å². The van der Waals surface area contributed by atoms with Crippen LogP contribution in [-0.4, -0.2) is 11.5 Å². The predicted octanol–water partition coefficient (Wildman–Crippen LogP) is 2.14. The van der Waals surface area contributed by atoms with Gasteiger partial charge in [0, 0.05) is 12.0 Å². The Bertz CT molecular complexity index is 133. The Labute approximate surface area is 68.5 Å². The lowest BCUT2D eigenvalue weighted by Crippen LogP contribution is -2.32. The molecule has 0 aliphatic carbocycles. The molecule has 2 heteroatoms. The summed E-state index contributed by atoms with van der Waals surface area (Å²) in [5.74, 6) is 0. The zero-order valence-corrected chi connectivity index (χ0v) is 7.72. The third kappa shape index (κ3) is 3.62. The summed E-state index contributed by atoms with van der Waals surface area (Å²) in [7, 11) is 0. The molecule has 0 atom stereocenters. The van der Waals surface area contributed by atoms with Crippen molar-refractivity contribution < 1.29 is 0 Å². The highest BCUT2D eigenvalue weighted by molar-refractivity contribution is 7.80. The van der Waals surface area contributed by atoms with Crippen LogP contribution in [0.5, 0.6) is 0 Å². The summed E-state index contributed by atoms with van der Waals surface area (Å²) in [5, 5.41) is 3.09. The van der Waals surface area contributed by atoms with Crippen molar-refractivity contribution in [1.29, 1.82) is 0 Å². The van der Waals surface area contributed by atoms with Gasteiger partial charge in [0.1, 0.15) is 0 Å². The summed E-state index contributed by atoms with van der Waals surface area (Å²) in [5.41, 5.74) is 0.0817. The molecule has 0 aromatic carbocycles. The molecule has 0 heterocycles. The van der Waals surface area contributed by atoms with Gasteiger partial charge in [-0.2, -0.15) is 0 Å². The van der Waals surface area contributed by atoms with Crippen LogP contribution in [0, 0.1) is 5.41 Å². The van der Waals surface area contributed by atoms with Gasteiger partial charge in [-0.1, -0.05) is 39.1 Å². The Hall–Kier alpha value is -0.370. The molecule has 0 fully saturated rings. The molecular formula is C8H15NS. The van der Waals surface area contributed by atoms with E-state index in [4.69, 9.17) is 12.2 Å². The molecule has 0 aromatic heterocycles. The topological polar surface area (TPSA) is 12.0 Å². The molecule has 0 rings (SSSR count). The van der Waals surface area contributed by atoms with Crippen LogP contribution in [0.4, 0.5) is 0 Å². The van der Waals surface area contributed by atoms with Crippen LogP contribution < -0.4 is 5.32 Å². The first kappa shape index (κ1) is 9.63. The molecule has 0 radical (unpaired) electrons. The molecule has 0 aliphatic heterocycles. The number of hydrogen-bond acceptors (Lipinski definition) is 1. The van der Waals surface area contributed by atoms with Crippen LogP contribution in [0.1, 0.15) is 20.8 Å². The molecule has 0 saturated heterocycles. The first-order valence-corrected chi connectivity index (χ1v) is 3.78. The number of rotatable bonds is 2. The monoisotopic (exact) mass is 157 g/mol. The summed E-state index contributed by atoms with van der Waals surface area (Å²) in [6.45, 7) is 10.6. The number of thiocarbonyl (C=S) groups is 1. The van der Waals surface area contributed by atoms with Gasteiger partial charge in [0.05, 0.1) is 4.99 Å². The van der Waals surface area contributed by atoms with Crippen LogP contribution in [-0.2, 0) is 0 Å². The van der Waals surface area contributed by atoms with E-state index in [1.165, 1.54) is 0 Å². The lowest BCUT2D eigenvalue weighted by Gasteiger charge is -2.20. The molecule has 0 spiro atoms. The molecule has 0 aliphatic rings. The van der Waals surface area contributed by atoms with E-state index < -0.39 is 0 Å². The Balaban J connectivity index is 3.74. The van der Waals surface area contributed by atoms with Gasteiger partial charge in [0.2, 0.25) is 0 Å². The third-order valence-corrected chi connectivity index (χ3v) is 1.84. The van der Waals surface area contributed by atoms with Gasteiger partial charge in [0.15, 0.2) is 0 Å². The lowest BCUT2D eigenvalue weighted by molar-refractivity contribution is 0.580. The molecule has 0 unspecified atom stereocenters. The maximum Gasteiger partial charge on any atom is 0.0810 e. The second-order valence-corrected chi connectivity index (χ2v) is 3.66. The second-order valence-electron chi connectivity index (χ2n) is 3.25. The maximum atomic E-state index is 5.10. The van der Waals surface area contributed by atoms with Crippen molar-refractivity contribution in [2.24, 2.45) is 5.41 Å². The summed E-state index contributed by atoms with van der Waals surface area (Å²) in [4.78, 5) is 0.896. The molecule has 0 bridgehead atoms. The van der Waals surface area contributed by atoms with Gasteiger partial charge in [0.25, 0.3) is 0 Å². The third-order valence-electron chi connectivity index (χ3n) is 1.09. The smallest absolute Gasteiger partial charge is 0.0810 e. The zero-order chi connectivity index (χ0) is 8.20. The minimum absolute atomic E-state index is 0.0817. The van der Waals surface area contributed by atoms with Gasteiger partial charge in [-0.15, -0.1) is 6.58 Å². The van der Waals surface area contributed by atoms with Gasteiger partial charge in [-0.05, 0) is 0 Å². The quantitative estimate of drug-likeness (QED) is 0.487. The van der Waals surface area contributed by atoms with E-state index in [-0.39, 0.29) is 5.41 Å². The first-order valence-electron chi connectivity index (χ1n) is 3.37. The van der Waals surface area contributed by atoms with Crippen molar-refractivity contribution in [3.63, 3.8) is 0 Å². The Morgan fingerprint density at radius 1 is 1.60 bits per heavy atom. The number of nitrogens with one attached hydrogen (secondary N) is 1. The highest BCUT2D eigenvalue weighted by Gasteiger charge is 2.15. The average Bonchev–Trinajstić information content (AvgIpc) is 1.80. The molecule has 0 amide bonds. The van der Waals surface area contributed by atoms with Crippen LogP contribution >= 0.6 is 12.2 Å². The highest BCUT2D eigenvalue weighted by Crippen LogP contribution is 2.13. The summed E-state index contributed by atoms with van der Waals surface area (Å²) < 4.78 is 0. The number of hydrogen-bond donors (Lipinski definition) is 1. The van der Waals surface area contributed by atoms with Gasteiger partial charge < -0.3 is 5.32 Å². The highest BCUT2D eigenvalue weighted by atomic mass is 32.1. The molecule has 0 saturated carbocycles. The van der Waals surface area contributed by atoms with Gasteiger partial charge in [-0.25, -0.2) is 0 Å². The standard InChI is InChI=1S/C8H15NS/c1-5-6-9-7(10)8(2,3)4/h5H,1,6H2,2-4H3,(H,9,10). The predicted molar refractivity (Wildman–Crippen MR) is 50.3 cm³/mol. The fraction of sp³-hybridized carbons (Fsp3) is 0.625. The van der Waals surface area contributed by atoms with Crippen molar-refractivity contribution in [2.45, 2.75) is 20.8 Å². The van der Waals surface area contributed by atoms with Crippen LogP contribution in [0.15, 0.2) is 12.7 Å². The molecule has 1 nitrogen and oxygen atoms in total. The lowest BCUT2D eigenvalue weighted by atomic mass is 9.97. The molecule has 0 aromatic rings. The van der Waals surface area contributed by atoms with E-state index >= 15 is 0 Å². The van der Waals surface area contributed by atoms with E-state index in [9.17, 15) is 0 Å². The van der Waals surface area contributed by atoms with Crippen molar-refractivity contribution in [1.82, 2.24) is 5.32 Å². The minimum Gasteiger partial charge on any atom is -0.376 e. The minimum atomic E-state index is 0.0817. The molecular weight excluding hydrogens is 142 g/mol. The van der Waals surface area contributed by atoms with Crippen molar-refractivity contribution in [2.75, 3.05) is 6.54 Å². The van der Waals surface area contributed by atoms with Crippen LogP contribution in [0.2, 0.25) is 0 Å². The van der Waals surface area contributed by atoms with Crippen LogP contribution in [0.25, 0.3) is 0 Å². The van der Waals surface area contributed by atoms with Crippen molar-refractivity contribution in [3.05, 3.63) is 12.7 Å². The largest absolute Gasteiger partial charge is 0.376 e. The zero-order valence-electron chi connectivity index (χ0n) is 6.90. The summed E-state index contributed by atoms with van der Waals surface area (Å²) in [6.07, 6.45) is 1.80. The SMILES string of the molecule is C=CCNC(=S)C(C)(C)C. The van der Waals surface area contributed by atoms with Gasteiger partial charge in [-0.3, -0.25) is 0 Å². The summed E-state index contributed by atoms with van der Waals surface area (Å²) in [6, 6.07) is 0. The normalized spacial score (nSPS) is 10.7. The Kier molecular flexibility index (Phi) is 3.58. The van der Waals surface area contributed by atoms with E-state index in [0.717, 1.165) is 11.5 Å². The van der Waals surface area contributed by atoms with Crippen LogP contribution in [0.3, 0.4) is 0 Å². The van der Waals surface area contributed by atoms with Gasteiger partial charge >= 0.3 is 0 Å². The Morgan fingerprint density at radius 2 is 2.10 bits per heavy atom. The maximum absolute atomic E-state index is 5.10. The van der Waals surface area contributed by atoms with E-state index in [0.29, 0.717) is 0 Å². The molecule has 10 heavy (non-hydrogen) atoms.